The molecule has 0 aliphatic heterocycles. The maximum Gasteiger partial charge on any atom is 0.177 e. The summed E-state index contributed by atoms with van der Waals surface area (Å²) in [5.41, 5.74) is 0.713. The van der Waals surface area contributed by atoms with Gasteiger partial charge in [0.05, 0.1) is 11.6 Å². The standard InChI is InChI=1S/C20H19FN4O/c1-4-25-18(15-7-5-14(13-22)6-8-15)23-24-19(25)20(2,3)26-17-11-9-16(21)10-12-17/h5-12H,4H2,1-3H3. The lowest BCUT2D eigenvalue weighted by atomic mass is 10.1. The zero-order valence-electron chi connectivity index (χ0n) is 14.9. The molecule has 0 N–H and O–H groups in total. The number of nitrogens with zero attached hydrogens (tertiary/aromatic N) is 4. The number of benzene rings is 2. The molecule has 0 amide bonds. The van der Waals surface area contributed by atoms with Gasteiger partial charge < -0.3 is 9.30 Å². The van der Waals surface area contributed by atoms with Crippen molar-refractivity contribution in [3.8, 4) is 23.2 Å². The van der Waals surface area contributed by atoms with Gasteiger partial charge in [0.15, 0.2) is 17.2 Å². The van der Waals surface area contributed by atoms with Crippen molar-refractivity contribution in [3.63, 3.8) is 0 Å². The molecular weight excluding hydrogens is 331 g/mol. The Morgan fingerprint density at radius 2 is 1.73 bits per heavy atom. The van der Waals surface area contributed by atoms with Crippen molar-refractivity contribution in [1.29, 1.82) is 5.26 Å². The summed E-state index contributed by atoms with van der Waals surface area (Å²) in [6.07, 6.45) is 0. The molecule has 0 saturated carbocycles. The van der Waals surface area contributed by atoms with E-state index in [-0.39, 0.29) is 5.82 Å². The fourth-order valence-electron chi connectivity index (χ4n) is 2.80. The zero-order chi connectivity index (χ0) is 18.7. The molecular formula is C20H19FN4O. The topological polar surface area (TPSA) is 63.7 Å². The lowest BCUT2D eigenvalue weighted by Gasteiger charge is -2.26. The first kappa shape index (κ1) is 17.6. The number of nitriles is 1. The van der Waals surface area contributed by atoms with Gasteiger partial charge in [0.25, 0.3) is 0 Å². The summed E-state index contributed by atoms with van der Waals surface area (Å²) in [6.45, 7) is 6.46. The van der Waals surface area contributed by atoms with Gasteiger partial charge in [0, 0.05) is 12.1 Å². The van der Waals surface area contributed by atoms with Crippen LogP contribution in [0.1, 0.15) is 32.2 Å². The van der Waals surface area contributed by atoms with Crippen molar-refractivity contribution in [1.82, 2.24) is 14.8 Å². The number of hydrogen-bond donors (Lipinski definition) is 0. The van der Waals surface area contributed by atoms with Gasteiger partial charge in [-0.1, -0.05) is 0 Å². The monoisotopic (exact) mass is 350 g/mol. The molecule has 0 unspecified atom stereocenters. The van der Waals surface area contributed by atoms with Crippen LogP contribution in [0.3, 0.4) is 0 Å². The van der Waals surface area contributed by atoms with Crippen molar-refractivity contribution in [2.45, 2.75) is 32.9 Å². The highest BCUT2D eigenvalue weighted by Gasteiger charge is 2.30. The minimum Gasteiger partial charge on any atom is -0.480 e. The van der Waals surface area contributed by atoms with Crippen LogP contribution in [0, 0.1) is 17.1 Å². The third-order valence-electron chi connectivity index (χ3n) is 4.06. The fraction of sp³-hybridized carbons (Fsp3) is 0.250. The minimum absolute atomic E-state index is 0.310. The minimum atomic E-state index is -0.758. The molecule has 0 aliphatic carbocycles. The van der Waals surface area contributed by atoms with E-state index in [0.717, 1.165) is 5.56 Å². The molecule has 6 heteroatoms. The summed E-state index contributed by atoms with van der Waals surface area (Å²) in [5, 5.41) is 17.6. The van der Waals surface area contributed by atoms with Crippen molar-refractivity contribution >= 4 is 0 Å². The summed E-state index contributed by atoms with van der Waals surface area (Å²) >= 11 is 0. The molecule has 132 valence electrons. The predicted molar refractivity (Wildman–Crippen MR) is 95.9 cm³/mol. The Hall–Kier alpha value is -3.20. The van der Waals surface area contributed by atoms with Crippen LogP contribution in [0.2, 0.25) is 0 Å². The van der Waals surface area contributed by atoms with Gasteiger partial charge in [-0.2, -0.15) is 5.26 Å². The molecule has 1 heterocycles. The Bertz CT molecular complexity index is 937. The SMILES string of the molecule is CCn1c(-c2ccc(C#N)cc2)nnc1C(C)(C)Oc1ccc(F)cc1. The van der Waals surface area contributed by atoms with Crippen molar-refractivity contribution in [3.05, 3.63) is 65.7 Å². The van der Waals surface area contributed by atoms with E-state index in [4.69, 9.17) is 10.00 Å². The van der Waals surface area contributed by atoms with Crippen molar-refractivity contribution in [2.75, 3.05) is 0 Å². The highest BCUT2D eigenvalue weighted by molar-refractivity contribution is 5.57. The Morgan fingerprint density at radius 3 is 2.31 bits per heavy atom. The van der Waals surface area contributed by atoms with Crippen LogP contribution in [0.5, 0.6) is 5.75 Å². The molecule has 5 nitrogen and oxygen atoms in total. The smallest absolute Gasteiger partial charge is 0.177 e. The maximum absolute atomic E-state index is 13.1. The second-order valence-corrected chi connectivity index (χ2v) is 6.35. The van der Waals surface area contributed by atoms with E-state index in [1.165, 1.54) is 12.1 Å². The second-order valence-electron chi connectivity index (χ2n) is 6.35. The summed E-state index contributed by atoms with van der Waals surface area (Å²) in [4.78, 5) is 0. The molecule has 0 saturated heterocycles. The number of rotatable bonds is 5. The summed E-state index contributed by atoms with van der Waals surface area (Å²) < 4.78 is 21.1. The molecule has 0 fully saturated rings. The van der Waals surface area contributed by atoms with Gasteiger partial charge in [-0.15, -0.1) is 10.2 Å². The van der Waals surface area contributed by atoms with Crippen LogP contribution in [-0.2, 0) is 12.1 Å². The first-order valence-corrected chi connectivity index (χ1v) is 8.33. The van der Waals surface area contributed by atoms with Crippen LogP contribution in [0.15, 0.2) is 48.5 Å². The zero-order valence-corrected chi connectivity index (χ0v) is 14.9. The average molecular weight is 350 g/mol. The third kappa shape index (κ3) is 3.42. The normalized spacial score (nSPS) is 11.2. The number of ether oxygens (including phenoxy) is 1. The van der Waals surface area contributed by atoms with Gasteiger partial charge in [-0.3, -0.25) is 0 Å². The maximum atomic E-state index is 13.1. The molecule has 2 aromatic carbocycles. The highest BCUT2D eigenvalue weighted by atomic mass is 19.1. The molecule has 0 spiro atoms. The number of aromatic nitrogens is 3. The summed E-state index contributed by atoms with van der Waals surface area (Å²) in [6, 6.07) is 15.2. The van der Waals surface area contributed by atoms with Crippen LogP contribution in [0.25, 0.3) is 11.4 Å². The highest BCUT2D eigenvalue weighted by Crippen LogP contribution is 2.29. The van der Waals surface area contributed by atoms with Crippen LogP contribution < -0.4 is 4.74 Å². The van der Waals surface area contributed by atoms with E-state index >= 15 is 0 Å². The molecule has 0 atom stereocenters. The first-order chi connectivity index (χ1) is 12.4. The molecule has 0 radical (unpaired) electrons. The van der Waals surface area contributed by atoms with E-state index in [1.807, 2.05) is 37.5 Å². The van der Waals surface area contributed by atoms with Crippen LogP contribution in [-0.4, -0.2) is 14.8 Å². The summed E-state index contributed by atoms with van der Waals surface area (Å²) in [7, 11) is 0. The Morgan fingerprint density at radius 1 is 1.08 bits per heavy atom. The van der Waals surface area contributed by atoms with E-state index in [2.05, 4.69) is 16.3 Å². The van der Waals surface area contributed by atoms with Crippen molar-refractivity contribution < 1.29 is 9.13 Å². The van der Waals surface area contributed by atoms with Crippen LogP contribution in [0.4, 0.5) is 4.39 Å². The van der Waals surface area contributed by atoms with E-state index in [0.29, 0.717) is 29.5 Å². The van der Waals surface area contributed by atoms with E-state index in [1.54, 1.807) is 24.3 Å². The van der Waals surface area contributed by atoms with Gasteiger partial charge in [-0.25, -0.2) is 4.39 Å². The largest absolute Gasteiger partial charge is 0.480 e. The fourth-order valence-corrected chi connectivity index (χ4v) is 2.80. The quantitative estimate of drug-likeness (QED) is 0.688. The third-order valence-corrected chi connectivity index (χ3v) is 4.06. The lowest BCUT2D eigenvalue weighted by Crippen LogP contribution is -2.29. The molecule has 3 rings (SSSR count). The molecule has 26 heavy (non-hydrogen) atoms. The first-order valence-electron chi connectivity index (χ1n) is 8.33. The van der Waals surface area contributed by atoms with E-state index < -0.39 is 5.60 Å². The molecule has 1 aromatic heterocycles. The molecule has 0 bridgehead atoms. The second kappa shape index (κ2) is 6.96. The average Bonchev–Trinajstić information content (AvgIpc) is 3.08. The van der Waals surface area contributed by atoms with E-state index in [9.17, 15) is 4.39 Å². The van der Waals surface area contributed by atoms with Gasteiger partial charge in [-0.05, 0) is 69.3 Å². The Labute approximate surface area is 151 Å². The van der Waals surface area contributed by atoms with Gasteiger partial charge in [0.2, 0.25) is 0 Å². The van der Waals surface area contributed by atoms with Gasteiger partial charge >= 0.3 is 0 Å². The van der Waals surface area contributed by atoms with Gasteiger partial charge in [0.1, 0.15) is 11.6 Å². The van der Waals surface area contributed by atoms with Crippen LogP contribution >= 0.6 is 0 Å². The Balaban J connectivity index is 1.95. The summed E-state index contributed by atoms with van der Waals surface area (Å²) in [5.74, 6) is 1.63. The number of hydrogen-bond acceptors (Lipinski definition) is 4. The van der Waals surface area contributed by atoms with Crippen molar-refractivity contribution in [2.24, 2.45) is 0 Å². The molecule has 3 aromatic rings. The Kier molecular flexibility index (Phi) is 4.72. The number of halogens is 1. The predicted octanol–water partition coefficient (Wildman–Crippen LogP) is 4.29. The molecule has 0 aliphatic rings. The lowest BCUT2D eigenvalue weighted by molar-refractivity contribution is 0.0939.